The lowest BCUT2D eigenvalue weighted by Crippen LogP contribution is -2.21. The van der Waals surface area contributed by atoms with Crippen LogP contribution in [-0.4, -0.2) is 28.9 Å². The molecule has 2 aromatic carbocycles. The van der Waals surface area contributed by atoms with E-state index in [0.717, 1.165) is 22.5 Å². The number of likely N-dealkylation sites (N-methyl/N-ethyl adjacent to an activating group) is 1. The summed E-state index contributed by atoms with van der Waals surface area (Å²) in [7, 11) is 0. The van der Waals surface area contributed by atoms with E-state index in [1.165, 1.54) is 11.8 Å². The van der Waals surface area contributed by atoms with Crippen molar-refractivity contribution in [2.45, 2.75) is 36.1 Å². The number of nitrogens with zero attached hydrogens (tertiary/aromatic N) is 3. The van der Waals surface area contributed by atoms with Gasteiger partial charge in [-0.05, 0) is 44.0 Å². The molecule has 0 aliphatic carbocycles. The second-order valence-corrected chi connectivity index (χ2v) is 8.66. The SMILES string of the molecule is C=CCc1cccc(Sc2c(C)n(C3C=NN(CC)C3)c3c(F)c(Cl)ccc23)c1F. The van der Waals surface area contributed by atoms with Gasteiger partial charge in [-0.15, -0.1) is 6.58 Å². The third kappa shape index (κ3) is 3.52. The van der Waals surface area contributed by atoms with Crippen LogP contribution in [-0.2, 0) is 6.42 Å². The molecule has 0 radical (unpaired) electrons. The van der Waals surface area contributed by atoms with Gasteiger partial charge in [0, 0.05) is 33.6 Å². The fourth-order valence-electron chi connectivity index (χ4n) is 3.87. The number of allylic oxidation sites excluding steroid dienone is 1. The van der Waals surface area contributed by atoms with E-state index in [9.17, 15) is 0 Å². The van der Waals surface area contributed by atoms with Gasteiger partial charge >= 0.3 is 0 Å². The maximum atomic E-state index is 15.2. The van der Waals surface area contributed by atoms with Gasteiger partial charge in [0.25, 0.3) is 0 Å². The maximum absolute atomic E-state index is 15.2. The van der Waals surface area contributed by atoms with Crippen molar-refractivity contribution in [1.29, 1.82) is 0 Å². The highest BCUT2D eigenvalue weighted by molar-refractivity contribution is 7.99. The molecule has 7 heteroatoms. The first-order valence-electron chi connectivity index (χ1n) is 9.79. The molecule has 0 bridgehead atoms. The summed E-state index contributed by atoms with van der Waals surface area (Å²) < 4.78 is 32.1. The van der Waals surface area contributed by atoms with Crippen LogP contribution in [0.1, 0.15) is 24.2 Å². The Morgan fingerprint density at radius 1 is 1.27 bits per heavy atom. The van der Waals surface area contributed by atoms with Crippen LogP contribution in [0, 0.1) is 18.6 Å². The minimum absolute atomic E-state index is 0.0687. The van der Waals surface area contributed by atoms with Crippen LogP contribution >= 0.6 is 23.4 Å². The minimum Gasteiger partial charge on any atom is -0.331 e. The molecule has 0 fully saturated rings. The topological polar surface area (TPSA) is 20.5 Å². The van der Waals surface area contributed by atoms with E-state index in [2.05, 4.69) is 11.7 Å². The molecule has 0 saturated carbocycles. The molecule has 1 atom stereocenters. The van der Waals surface area contributed by atoms with Crippen molar-refractivity contribution in [1.82, 2.24) is 9.58 Å². The first kappa shape index (κ1) is 20.9. The predicted molar refractivity (Wildman–Crippen MR) is 121 cm³/mol. The Hall–Kier alpha value is -2.31. The van der Waals surface area contributed by atoms with Gasteiger partial charge in [-0.2, -0.15) is 5.10 Å². The molecular weight excluding hydrogens is 424 g/mol. The number of fused-ring (bicyclic) bond motifs is 1. The van der Waals surface area contributed by atoms with Crippen molar-refractivity contribution in [3.05, 3.63) is 70.9 Å². The Morgan fingerprint density at radius 2 is 2.07 bits per heavy atom. The van der Waals surface area contributed by atoms with E-state index in [1.807, 2.05) is 41.8 Å². The highest BCUT2D eigenvalue weighted by Crippen LogP contribution is 2.43. The normalized spacial score (nSPS) is 16.0. The van der Waals surface area contributed by atoms with Gasteiger partial charge in [-0.1, -0.05) is 41.6 Å². The van der Waals surface area contributed by atoms with E-state index in [1.54, 1.807) is 24.3 Å². The number of rotatable bonds is 6. The van der Waals surface area contributed by atoms with Gasteiger partial charge in [-0.3, -0.25) is 5.01 Å². The molecule has 30 heavy (non-hydrogen) atoms. The van der Waals surface area contributed by atoms with Gasteiger partial charge in [0.15, 0.2) is 5.82 Å². The van der Waals surface area contributed by atoms with E-state index in [-0.39, 0.29) is 16.9 Å². The van der Waals surface area contributed by atoms with E-state index in [0.29, 0.717) is 28.9 Å². The third-order valence-electron chi connectivity index (χ3n) is 5.36. The van der Waals surface area contributed by atoms with Gasteiger partial charge in [-0.25, -0.2) is 8.78 Å². The molecule has 3 aromatic rings. The molecule has 156 valence electrons. The molecule has 1 aromatic heterocycles. The van der Waals surface area contributed by atoms with Crippen LogP contribution in [0.4, 0.5) is 8.78 Å². The number of halogens is 3. The van der Waals surface area contributed by atoms with Crippen LogP contribution in [0.3, 0.4) is 0 Å². The number of hydrazone groups is 1. The summed E-state index contributed by atoms with van der Waals surface area (Å²) in [6.45, 7) is 9.09. The van der Waals surface area contributed by atoms with Crippen LogP contribution in [0.5, 0.6) is 0 Å². The lowest BCUT2D eigenvalue weighted by molar-refractivity contribution is 0.311. The van der Waals surface area contributed by atoms with Crippen molar-refractivity contribution >= 4 is 40.5 Å². The second kappa shape index (κ2) is 8.44. The first-order valence-corrected chi connectivity index (χ1v) is 11.0. The summed E-state index contributed by atoms with van der Waals surface area (Å²) in [6, 6.07) is 8.58. The fourth-order valence-corrected chi connectivity index (χ4v) is 5.13. The lowest BCUT2D eigenvalue weighted by atomic mass is 10.1. The summed E-state index contributed by atoms with van der Waals surface area (Å²) >= 11 is 7.43. The molecule has 0 spiro atoms. The first-order chi connectivity index (χ1) is 14.5. The van der Waals surface area contributed by atoms with Crippen molar-refractivity contribution in [2.24, 2.45) is 5.10 Å². The Labute approximate surface area is 184 Å². The van der Waals surface area contributed by atoms with Crippen molar-refractivity contribution in [2.75, 3.05) is 13.1 Å². The summed E-state index contributed by atoms with van der Waals surface area (Å²) in [6.07, 6.45) is 3.97. The summed E-state index contributed by atoms with van der Waals surface area (Å²) in [5, 5.41) is 7.13. The zero-order valence-corrected chi connectivity index (χ0v) is 18.4. The Kier molecular flexibility index (Phi) is 5.89. The van der Waals surface area contributed by atoms with Crippen molar-refractivity contribution in [3.8, 4) is 0 Å². The molecule has 0 amide bonds. The number of benzene rings is 2. The predicted octanol–water partition coefficient (Wildman–Crippen LogP) is 6.62. The Morgan fingerprint density at radius 3 is 2.77 bits per heavy atom. The van der Waals surface area contributed by atoms with Crippen LogP contribution in [0.2, 0.25) is 5.02 Å². The number of aromatic nitrogens is 1. The third-order valence-corrected chi connectivity index (χ3v) is 6.91. The Balaban J connectivity index is 1.87. The maximum Gasteiger partial charge on any atom is 0.166 e. The molecule has 3 nitrogen and oxygen atoms in total. The average Bonchev–Trinajstić information content (AvgIpc) is 3.31. The standard InChI is InChI=1S/C23H22ClF2N3S/c1-4-7-15-8-6-9-19(20(15)25)30-23-14(3)29(16-12-27-28(5-2)13-16)22-17(23)10-11-18(24)21(22)26/h4,6,8-12,16H,1,5,7,13H2,2-3H3. The summed E-state index contributed by atoms with van der Waals surface area (Å²) in [5.74, 6) is -0.731. The summed E-state index contributed by atoms with van der Waals surface area (Å²) in [5.41, 5.74) is 1.88. The molecular formula is C23H22ClF2N3S. The average molecular weight is 446 g/mol. The van der Waals surface area contributed by atoms with Gasteiger partial charge in [0.05, 0.1) is 23.1 Å². The number of hydrogen-bond acceptors (Lipinski definition) is 3. The minimum atomic E-state index is -0.464. The summed E-state index contributed by atoms with van der Waals surface area (Å²) in [4.78, 5) is 1.32. The monoisotopic (exact) mass is 445 g/mol. The quantitative estimate of drug-likeness (QED) is 0.397. The smallest absolute Gasteiger partial charge is 0.166 e. The fraction of sp³-hybridized carbons (Fsp3) is 0.261. The van der Waals surface area contributed by atoms with E-state index in [4.69, 9.17) is 11.6 Å². The molecule has 1 unspecified atom stereocenters. The molecule has 1 aliphatic rings. The van der Waals surface area contributed by atoms with Gasteiger partial charge in [0.2, 0.25) is 0 Å². The van der Waals surface area contributed by atoms with E-state index < -0.39 is 5.82 Å². The zero-order chi connectivity index (χ0) is 21.4. The van der Waals surface area contributed by atoms with E-state index >= 15 is 8.78 Å². The van der Waals surface area contributed by atoms with Gasteiger partial charge in [0.1, 0.15) is 5.82 Å². The zero-order valence-electron chi connectivity index (χ0n) is 16.8. The van der Waals surface area contributed by atoms with Crippen LogP contribution in [0.15, 0.2) is 57.9 Å². The van der Waals surface area contributed by atoms with Crippen LogP contribution in [0.25, 0.3) is 10.9 Å². The van der Waals surface area contributed by atoms with Gasteiger partial charge < -0.3 is 4.57 Å². The number of hydrogen-bond donors (Lipinski definition) is 0. The largest absolute Gasteiger partial charge is 0.331 e. The van der Waals surface area contributed by atoms with Crippen molar-refractivity contribution in [3.63, 3.8) is 0 Å². The lowest BCUT2D eigenvalue weighted by Gasteiger charge is -2.17. The molecule has 1 aliphatic heterocycles. The second-order valence-electron chi connectivity index (χ2n) is 7.20. The molecule has 0 saturated heterocycles. The highest BCUT2D eigenvalue weighted by atomic mass is 35.5. The van der Waals surface area contributed by atoms with Crippen LogP contribution < -0.4 is 0 Å². The molecule has 0 N–H and O–H groups in total. The highest BCUT2D eigenvalue weighted by Gasteiger charge is 2.27. The Bertz CT molecular complexity index is 1160. The molecule has 2 heterocycles. The van der Waals surface area contributed by atoms with Crippen molar-refractivity contribution < 1.29 is 8.78 Å². The molecule has 4 rings (SSSR count).